The summed E-state index contributed by atoms with van der Waals surface area (Å²) in [6.07, 6.45) is 4.63. The van der Waals surface area contributed by atoms with Crippen molar-refractivity contribution < 1.29 is 0 Å². The van der Waals surface area contributed by atoms with Gasteiger partial charge in [-0.05, 0) is 64.2 Å². The van der Waals surface area contributed by atoms with Gasteiger partial charge in [0.05, 0.1) is 11.4 Å². The van der Waals surface area contributed by atoms with Crippen molar-refractivity contribution in [1.29, 1.82) is 0 Å². The van der Waals surface area contributed by atoms with E-state index in [1.54, 1.807) is 0 Å². The predicted molar refractivity (Wildman–Crippen MR) is 101 cm³/mol. The average molecular weight is 400 g/mol. The Hall–Kier alpha value is -0.880. The summed E-state index contributed by atoms with van der Waals surface area (Å²) in [6.45, 7) is 5.33. The Bertz CT molecular complexity index is 620. The van der Waals surface area contributed by atoms with E-state index in [0.29, 0.717) is 6.04 Å². The molecule has 4 nitrogen and oxygen atoms in total. The zero-order valence-corrected chi connectivity index (χ0v) is 16.0. The van der Waals surface area contributed by atoms with Gasteiger partial charge in [-0.2, -0.15) is 5.10 Å². The van der Waals surface area contributed by atoms with Crippen LogP contribution in [0.1, 0.15) is 24.1 Å². The first kappa shape index (κ1) is 18.5. The number of benzene rings is 1. The average Bonchev–Trinajstić information content (AvgIpc) is 2.90. The highest BCUT2D eigenvalue weighted by atomic mass is 79.9. The van der Waals surface area contributed by atoms with Crippen LogP contribution in [0, 0.1) is 6.92 Å². The SMILES string of the molecule is Cc1nn(-c2ccc(Br)cc2)cc1CN(C)C1CCNCC1.Cl. The maximum atomic E-state index is 4.67. The fourth-order valence-electron chi connectivity index (χ4n) is 3.02. The van der Waals surface area contributed by atoms with Crippen LogP contribution >= 0.6 is 28.3 Å². The molecule has 23 heavy (non-hydrogen) atoms. The topological polar surface area (TPSA) is 33.1 Å². The molecule has 1 aromatic heterocycles. The van der Waals surface area contributed by atoms with E-state index in [0.717, 1.165) is 35.5 Å². The van der Waals surface area contributed by atoms with Gasteiger partial charge in [-0.15, -0.1) is 12.4 Å². The van der Waals surface area contributed by atoms with Crippen molar-refractivity contribution in [3.8, 4) is 5.69 Å². The van der Waals surface area contributed by atoms with E-state index in [1.807, 2.05) is 16.8 Å². The molecule has 1 N–H and O–H groups in total. The summed E-state index contributed by atoms with van der Waals surface area (Å²) in [5.41, 5.74) is 3.52. The van der Waals surface area contributed by atoms with Gasteiger partial charge in [-0.3, -0.25) is 4.90 Å². The molecule has 0 spiro atoms. The third-order valence-corrected chi connectivity index (χ3v) is 4.97. The van der Waals surface area contributed by atoms with Gasteiger partial charge in [0.15, 0.2) is 0 Å². The fraction of sp³-hybridized carbons (Fsp3) is 0.471. The maximum absolute atomic E-state index is 4.67. The molecule has 1 aromatic carbocycles. The van der Waals surface area contributed by atoms with Gasteiger partial charge in [-0.25, -0.2) is 4.68 Å². The highest BCUT2D eigenvalue weighted by molar-refractivity contribution is 9.10. The van der Waals surface area contributed by atoms with Gasteiger partial charge >= 0.3 is 0 Å². The predicted octanol–water partition coefficient (Wildman–Crippen LogP) is 3.55. The van der Waals surface area contributed by atoms with E-state index >= 15 is 0 Å². The number of nitrogens with zero attached hydrogens (tertiary/aromatic N) is 3. The molecule has 0 aliphatic carbocycles. The number of piperidine rings is 1. The molecule has 126 valence electrons. The minimum atomic E-state index is 0. The molecule has 0 bridgehead atoms. The number of halogens is 2. The van der Waals surface area contributed by atoms with E-state index < -0.39 is 0 Å². The Kier molecular flexibility index (Phi) is 6.65. The second-order valence-electron chi connectivity index (χ2n) is 6.06. The first-order valence-corrected chi connectivity index (χ1v) is 8.65. The van der Waals surface area contributed by atoms with Crippen LogP contribution in [0.5, 0.6) is 0 Å². The van der Waals surface area contributed by atoms with Gasteiger partial charge in [0.25, 0.3) is 0 Å². The van der Waals surface area contributed by atoms with E-state index in [9.17, 15) is 0 Å². The number of nitrogens with one attached hydrogen (secondary N) is 1. The van der Waals surface area contributed by atoms with Crippen molar-refractivity contribution in [2.24, 2.45) is 0 Å². The summed E-state index contributed by atoms with van der Waals surface area (Å²) in [5.74, 6) is 0. The molecule has 0 saturated carbocycles. The summed E-state index contributed by atoms with van der Waals surface area (Å²) in [6, 6.07) is 8.94. The lowest BCUT2D eigenvalue weighted by molar-refractivity contribution is 0.191. The van der Waals surface area contributed by atoms with Crippen LogP contribution in [0.4, 0.5) is 0 Å². The largest absolute Gasteiger partial charge is 0.317 e. The lowest BCUT2D eigenvalue weighted by Crippen LogP contribution is -2.40. The molecule has 1 aliphatic heterocycles. The normalized spacial score (nSPS) is 15.7. The number of hydrogen-bond acceptors (Lipinski definition) is 3. The van der Waals surface area contributed by atoms with E-state index in [1.165, 1.54) is 18.4 Å². The van der Waals surface area contributed by atoms with E-state index in [2.05, 4.69) is 63.5 Å². The first-order valence-electron chi connectivity index (χ1n) is 7.85. The zero-order chi connectivity index (χ0) is 15.5. The van der Waals surface area contributed by atoms with Crippen LogP contribution in [0.2, 0.25) is 0 Å². The number of hydrogen-bond donors (Lipinski definition) is 1. The quantitative estimate of drug-likeness (QED) is 0.853. The Morgan fingerprint density at radius 3 is 2.57 bits per heavy atom. The number of aryl methyl sites for hydroxylation is 1. The van der Waals surface area contributed by atoms with Crippen LogP contribution < -0.4 is 5.32 Å². The van der Waals surface area contributed by atoms with Crippen molar-refractivity contribution in [2.75, 3.05) is 20.1 Å². The molecule has 6 heteroatoms. The van der Waals surface area contributed by atoms with Crippen molar-refractivity contribution >= 4 is 28.3 Å². The first-order chi connectivity index (χ1) is 10.6. The van der Waals surface area contributed by atoms with Crippen LogP contribution in [-0.2, 0) is 6.54 Å². The molecule has 0 amide bonds. The maximum Gasteiger partial charge on any atom is 0.0646 e. The minimum Gasteiger partial charge on any atom is -0.317 e. The summed E-state index contributed by atoms with van der Waals surface area (Å²) in [5, 5.41) is 8.10. The zero-order valence-electron chi connectivity index (χ0n) is 13.6. The second-order valence-corrected chi connectivity index (χ2v) is 6.97. The van der Waals surface area contributed by atoms with Crippen molar-refractivity contribution in [3.63, 3.8) is 0 Å². The molecule has 0 unspecified atom stereocenters. The van der Waals surface area contributed by atoms with E-state index in [-0.39, 0.29) is 12.4 Å². The van der Waals surface area contributed by atoms with Gasteiger partial charge in [0, 0.05) is 28.8 Å². The highest BCUT2D eigenvalue weighted by Crippen LogP contribution is 2.18. The summed E-state index contributed by atoms with van der Waals surface area (Å²) < 4.78 is 3.07. The van der Waals surface area contributed by atoms with Gasteiger partial charge < -0.3 is 5.32 Å². The van der Waals surface area contributed by atoms with E-state index in [4.69, 9.17) is 0 Å². The highest BCUT2D eigenvalue weighted by Gasteiger charge is 2.19. The monoisotopic (exact) mass is 398 g/mol. The van der Waals surface area contributed by atoms with Crippen LogP contribution in [-0.4, -0.2) is 40.9 Å². The Morgan fingerprint density at radius 1 is 1.26 bits per heavy atom. The number of aromatic nitrogens is 2. The van der Waals surface area contributed by atoms with Gasteiger partial charge in [0.2, 0.25) is 0 Å². The fourth-order valence-corrected chi connectivity index (χ4v) is 3.29. The molecule has 0 radical (unpaired) electrons. The minimum absolute atomic E-state index is 0. The molecular weight excluding hydrogens is 376 g/mol. The molecule has 1 fully saturated rings. The van der Waals surface area contributed by atoms with Crippen LogP contribution in [0.15, 0.2) is 34.9 Å². The lowest BCUT2D eigenvalue weighted by atomic mass is 10.0. The summed E-state index contributed by atoms with van der Waals surface area (Å²) in [7, 11) is 2.23. The lowest BCUT2D eigenvalue weighted by Gasteiger charge is -2.31. The van der Waals surface area contributed by atoms with Crippen LogP contribution in [0.3, 0.4) is 0 Å². The van der Waals surface area contributed by atoms with Gasteiger partial charge in [-0.1, -0.05) is 15.9 Å². The number of rotatable bonds is 4. The third kappa shape index (κ3) is 4.57. The smallest absolute Gasteiger partial charge is 0.0646 e. The third-order valence-electron chi connectivity index (χ3n) is 4.44. The Labute approximate surface area is 152 Å². The van der Waals surface area contributed by atoms with Gasteiger partial charge in [0.1, 0.15) is 0 Å². The Morgan fingerprint density at radius 2 is 1.91 bits per heavy atom. The Balaban J connectivity index is 0.00000192. The second kappa shape index (κ2) is 8.29. The van der Waals surface area contributed by atoms with Crippen molar-refractivity contribution in [2.45, 2.75) is 32.4 Å². The van der Waals surface area contributed by atoms with Crippen molar-refractivity contribution in [3.05, 3.63) is 46.2 Å². The molecule has 2 aromatic rings. The molecule has 3 rings (SSSR count). The van der Waals surface area contributed by atoms with Crippen molar-refractivity contribution in [1.82, 2.24) is 20.0 Å². The molecule has 1 saturated heterocycles. The standard InChI is InChI=1S/C17H23BrN4.ClH/c1-13-14(11-21(2)16-7-9-19-10-8-16)12-22(20-13)17-5-3-15(18)4-6-17;/h3-6,12,16,19H,7-11H2,1-2H3;1H. The molecular formula is C17H24BrClN4. The molecule has 2 heterocycles. The molecule has 1 aliphatic rings. The molecule has 0 atom stereocenters. The summed E-state index contributed by atoms with van der Waals surface area (Å²) in [4.78, 5) is 2.47. The summed E-state index contributed by atoms with van der Waals surface area (Å²) >= 11 is 3.47. The van der Waals surface area contributed by atoms with Crippen LogP contribution in [0.25, 0.3) is 5.69 Å².